The highest BCUT2D eigenvalue weighted by atomic mass is 32.2. The van der Waals surface area contributed by atoms with Crippen molar-refractivity contribution in [2.24, 2.45) is 0 Å². The Morgan fingerprint density at radius 3 is 2.18 bits per heavy atom. The molecule has 2 rings (SSSR count). The van der Waals surface area contributed by atoms with Gasteiger partial charge in [0.15, 0.2) is 28.6 Å². The van der Waals surface area contributed by atoms with E-state index >= 15 is 0 Å². The summed E-state index contributed by atoms with van der Waals surface area (Å²) in [4.78, 5) is 0. The minimum atomic E-state index is 0.696. The van der Waals surface area contributed by atoms with E-state index in [9.17, 15) is 0 Å². The third-order valence-electron chi connectivity index (χ3n) is 2.48. The summed E-state index contributed by atoms with van der Waals surface area (Å²) in [5, 5.41) is 0. The van der Waals surface area contributed by atoms with E-state index < -0.39 is 0 Å². The molecule has 0 N–H and O–H groups in total. The van der Waals surface area contributed by atoms with Crippen LogP contribution in [0, 0.1) is 0 Å². The van der Waals surface area contributed by atoms with Crippen molar-refractivity contribution in [2.75, 3.05) is 32.8 Å². The highest BCUT2D eigenvalue weighted by molar-refractivity contribution is 8.25. The van der Waals surface area contributed by atoms with E-state index in [1.54, 1.807) is 21.3 Å². The second-order valence-corrected chi connectivity index (χ2v) is 5.86. The minimum Gasteiger partial charge on any atom is -0.496 e. The number of benzene rings is 1. The van der Waals surface area contributed by atoms with Gasteiger partial charge >= 0.3 is 0 Å². The van der Waals surface area contributed by atoms with Gasteiger partial charge in [0.25, 0.3) is 4.20 Å². The van der Waals surface area contributed by atoms with Gasteiger partial charge in [-0.3, -0.25) is 0 Å². The normalized spacial score (nSPS) is 14.4. The molecule has 0 aliphatic carbocycles. The highest BCUT2D eigenvalue weighted by Crippen LogP contribution is 2.37. The van der Waals surface area contributed by atoms with Gasteiger partial charge in [0.05, 0.1) is 32.6 Å². The Kier molecular flexibility index (Phi) is 4.12. The molecule has 1 aliphatic heterocycles. The van der Waals surface area contributed by atoms with Crippen LogP contribution < -0.4 is 14.2 Å². The summed E-state index contributed by atoms with van der Waals surface area (Å²) < 4.78 is 17.3. The van der Waals surface area contributed by atoms with E-state index in [0.29, 0.717) is 5.75 Å². The molecule has 1 heterocycles. The fourth-order valence-electron chi connectivity index (χ4n) is 1.65. The van der Waals surface area contributed by atoms with Crippen LogP contribution in [-0.4, -0.2) is 37.0 Å². The lowest BCUT2D eigenvalue weighted by atomic mass is 10.2. The molecule has 0 bridgehead atoms. The Morgan fingerprint density at radius 1 is 1.00 bits per heavy atom. The van der Waals surface area contributed by atoms with Crippen LogP contribution in [0.3, 0.4) is 0 Å². The second-order valence-electron chi connectivity index (χ2n) is 3.39. The molecule has 5 heteroatoms. The van der Waals surface area contributed by atoms with Crippen LogP contribution in [0.5, 0.6) is 17.2 Å². The topological polar surface area (TPSA) is 27.7 Å². The van der Waals surface area contributed by atoms with Gasteiger partial charge < -0.3 is 14.2 Å². The smallest absolute Gasteiger partial charge is 0.269 e. The van der Waals surface area contributed by atoms with Crippen molar-refractivity contribution in [2.45, 2.75) is 0 Å². The Balaban J connectivity index is 2.49. The molecule has 1 aromatic rings. The van der Waals surface area contributed by atoms with Crippen molar-refractivity contribution >= 4 is 27.3 Å². The molecule has 92 valence electrons. The van der Waals surface area contributed by atoms with Crippen LogP contribution in [-0.2, 0) is 11.4 Å². The molecular weight excluding hydrogens is 256 g/mol. The SMILES string of the molecule is COc1cc(OC)c(C2=[S+]CCS2)cc1OC. The van der Waals surface area contributed by atoms with Crippen LogP contribution in [0.25, 0.3) is 0 Å². The van der Waals surface area contributed by atoms with E-state index in [2.05, 4.69) is 0 Å². The van der Waals surface area contributed by atoms with Gasteiger partial charge in [-0.05, 0) is 0 Å². The molecule has 1 aliphatic rings. The number of hydrogen-bond donors (Lipinski definition) is 0. The van der Waals surface area contributed by atoms with Gasteiger partial charge in [0.1, 0.15) is 5.75 Å². The lowest BCUT2D eigenvalue weighted by Gasteiger charge is -2.11. The summed E-state index contributed by atoms with van der Waals surface area (Å²) in [5.74, 6) is 4.57. The molecule has 0 saturated carbocycles. The van der Waals surface area contributed by atoms with Gasteiger partial charge in [-0.1, -0.05) is 11.8 Å². The summed E-state index contributed by atoms with van der Waals surface area (Å²) in [6.45, 7) is 0. The summed E-state index contributed by atoms with van der Waals surface area (Å²) in [7, 11) is 4.95. The third-order valence-corrected chi connectivity index (χ3v) is 5.22. The molecule has 0 radical (unpaired) electrons. The number of ether oxygens (including phenoxy) is 3. The zero-order valence-corrected chi connectivity index (χ0v) is 11.7. The van der Waals surface area contributed by atoms with E-state index in [0.717, 1.165) is 28.6 Å². The first kappa shape index (κ1) is 12.5. The Morgan fingerprint density at radius 2 is 1.65 bits per heavy atom. The van der Waals surface area contributed by atoms with Crippen LogP contribution in [0.1, 0.15) is 5.56 Å². The second kappa shape index (κ2) is 5.60. The monoisotopic (exact) mass is 271 g/mol. The Hall–Kier alpha value is -0.940. The zero-order valence-electron chi connectivity index (χ0n) is 10.1. The first-order valence-corrected chi connectivity index (χ1v) is 7.20. The molecule has 17 heavy (non-hydrogen) atoms. The molecule has 0 saturated heterocycles. The maximum atomic E-state index is 5.42. The van der Waals surface area contributed by atoms with Crippen LogP contribution in [0.15, 0.2) is 12.1 Å². The number of hydrogen-bond acceptors (Lipinski definition) is 4. The van der Waals surface area contributed by atoms with Crippen LogP contribution >= 0.6 is 11.8 Å². The van der Waals surface area contributed by atoms with Gasteiger partial charge in [-0.15, -0.1) is 0 Å². The molecule has 1 aromatic carbocycles. The minimum absolute atomic E-state index is 0.696. The number of rotatable bonds is 4. The van der Waals surface area contributed by atoms with E-state index in [1.165, 1.54) is 4.20 Å². The number of methoxy groups -OCH3 is 3. The van der Waals surface area contributed by atoms with E-state index in [4.69, 9.17) is 14.2 Å². The summed E-state index contributed by atoms with van der Waals surface area (Å²) in [6.07, 6.45) is 0. The van der Waals surface area contributed by atoms with Crippen LogP contribution in [0.2, 0.25) is 0 Å². The molecule has 3 nitrogen and oxygen atoms in total. The van der Waals surface area contributed by atoms with Crippen molar-refractivity contribution < 1.29 is 14.2 Å². The van der Waals surface area contributed by atoms with Gasteiger partial charge in [0.2, 0.25) is 0 Å². The molecule has 0 fully saturated rings. The zero-order chi connectivity index (χ0) is 12.3. The molecule has 0 unspecified atom stereocenters. The third kappa shape index (κ3) is 2.50. The lowest BCUT2D eigenvalue weighted by Crippen LogP contribution is -2.01. The summed E-state index contributed by atoms with van der Waals surface area (Å²) in [6, 6.07) is 3.86. The quantitative estimate of drug-likeness (QED) is 0.618. The Bertz CT molecular complexity index is 444. The fourth-order valence-corrected chi connectivity index (χ4v) is 4.16. The standard InChI is InChI=1S/C12H15O3S2/c1-13-9-7-11(15-3)10(14-2)6-8(9)12-16-4-5-17-12/h6-7H,4-5H2,1-3H3/q+1. The summed E-state index contributed by atoms with van der Waals surface area (Å²) in [5.41, 5.74) is 1.10. The van der Waals surface area contributed by atoms with Crippen molar-refractivity contribution in [3.8, 4) is 17.2 Å². The predicted molar refractivity (Wildman–Crippen MR) is 74.9 cm³/mol. The first-order valence-electron chi connectivity index (χ1n) is 5.23. The maximum absolute atomic E-state index is 5.42. The average molecular weight is 271 g/mol. The number of thioether (sulfide) groups is 1. The first-order chi connectivity index (χ1) is 8.30. The average Bonchev–Trinajstić information content (AvgIpc) is 2.90. The highest BCUT2D eigenvalue weighted by Gasteiger charge is 2.26. The lowest BCUT2D eigenvalue weighted by molar-refractivity contribution is 0.349. The largest absolute Gasteiger partial charge is 0.496 e. The van der Waals surface area contributed by atoms with Crippen molar-refractivity contribution in [1.29, 1.82) is 0 Å². The van der Waals surface area contributed by atoms with Crippen LogP contribution in [0.4, 0.5) is 0 Å². The van der Waals surface area contributed by atoms with E-state index in [-0.39, 0.29) is 0 Å². The molecule has 0 amide bonds. The van der Waals surface area contributed by atoms with Crippen molar-refractivity contribution in [3.05, 3.63) is 17.7 Å². The predicted octanol–water partition coefficient (Wildman–Crippen LogP) is 2.02. The maximum Gasteiger partial charge on any atom is 0.269 e. The molecule has 0 atom stereocenters. The van der Waals surface area contributed by atoms with Gasteiger partial charge in [0, 0.05) is 12.1 Å². The fraction of sp³-hybridized carbons (Fsp3) is 0.417. The van der Waals surface area contributed by atoms with E-state index in [1.807, 2.05) is 35.2 Å². The van der Waals surface area contributed by atoms with Crippen molar-refractivity contribution in [3.63, 3.8) is 0 Å². The molecule has 0 aromatic heterocycles. The molecular formula is C12H15O3S2+. The van der Waals surface area contributed by atoms with Gasteiger partial charge in [-0.2, -0.15) is 0 Å². The Labute approximate surface area is 109 Å². The van der Waals surface area contributed by atoms with Crippen molar-refractivity contribution in [1.82, 2.24) is 0 Å². The van der Waals surface area contributed by atoms with Gasteiger partial charge in [-0.25, -0.2) is 0 Å². The molecule has 0 spiro atoms. The summed E-state index contributed by atoms with van der Waals surface area (Å²) >= 11 is 3.72.